The monoisotopic (exact) mass is 423 g/mol. The number of aryl methyl sites for hydroxylation is 2. The van der Waals surface area contributed by atoms with Gasteiger partial charge >= 0.3 is 0 Å². The number of ketones is 1. The molecule has 1 aliphatic carbocycles. The van der Waals surface area contributed by atoms with Crippen molar-refractivity contribution in [3.8, 4) is 0 Å². The van der Waals surface area contributed by atoms with Crippen LogP contribution in [-0.2, 0) is 37.0 Å². The molecule has 1 aliphatic rings. The maximum atomic E-state index is 12.7. The van der Waals surface area contributed by atoms with Crippen LogP contribution < -0.4 is 0 Å². The van der Waals surface area contributed by atoms with Crippen LogP contribution in [0, 0.1) is 0 Å². The van der Waals surface area contributed by atoms with Gasteiger partial charge in [-0.2, -0.15) is 0 Å². The molecule has 0 atom stereocenters. The van der Waals surface area contributed by atoms with Crippen LogP contribution in [0.5, 0.6) is 0 Å². The van der Waals surface area contributed by atoms with Gasteiger partial charge < -0.3 is 4.57 Å². The Morgan fingerprint density at radius 2 is 1.56 bits per heavy atom. The van der Waals surface area contributed by atoms with Gasteiger partial charge in [-0.15, -0.1) is 10.2 Å². The van der Waals surface area contributed by atoms with Crippen molar-refractivity contribution < 1.29 is 4.79 Å². The van der Waals surface area contributed by atoms with Crippen molar-refractivity contribution in [2.45, 2.75) is 57.9 Å². The standard InChI is InChI=1S/C28H29N3O/c1-2-31-27(29-30-28(31)24-18-22-9-3-4-10-23(22)19-24)17-16-25(32)15-14-21-12-7-11-20-8-5-6-13-26(20)21/h3-13,24H,2,14-19H2,1H3. The second-order valence-electron chi connectivity index (χ2n) is 8.77. The fraction of sp³-hybridized carbons (Fsp3) is 0.321. The predicted molar refractivity (Wildman–Crippen MR) is 128 cm³/mol. The molecule has 0 bridgehead atoms. The summed E-state index contributed by atoms with van der Waals surface area (Å²) in [6.45, 7) is 2.98. The molecule has 0 amide bonds. The molecular formula is C28H29N3O. The molecule has 0 spiro atoms. The van der Waals surface area contributed by atoms with E-state index in [0.717, 1.165) is 37.5 Å². The highest BCUT2D eigenvalue weighted by atomic mass is 16.1. The van der Waals surface area contributed by atoms with Crippen molar-refractivity contribution in [1.29, 1.82) is 0 Å². The number of Topliss-reactive ketones (excluding diaryl/α,β-unsaturated/α-hetero) is 1. The summed E-state index contributed by atoms with van der Waals surface area (Å²) >= 11 is 0. The lowest BCUT2D eigenvalue weighted by molar-refractivity contribution is -0.119. The number of hydrogen-bond acceptors (Lipinski definition) is 3. The number of hydrogen-bond donors (Lipinski definition) is 0. The van der Waals surface area contributed by atoms with Gasteiger partial charge in [-0.05, 0) is 53.6 Å². The van der Waals surface area contributed by atoms with Crippen LogP contribution in [0.3, 0.4) is 0 Å². The number of benzene rings is 3. The summed E-state index contributed by atoms with van der Waals surface area (Å²) in [7, 11) is 0. The molecule has 4 heteroatoms. The zero-order valence-corrected chi connectivity index (χ0v) is 18.6. The molecule has 32 heavy (non-hydrogen) atoms. The second kappa shape index (κ2) is 9.07. The fourth-order valence-electron chi connectivity index (χ4n) is 5.08. The van der Waals surface area contributed by atoms with Crippen LogP contribution in [0.15, 0.2) is 66.7 Å². The van der Waals surface area contributed by atoms with Crippen molar-refractivity contribution in [1.82, 2.24) is 14.8 Å². The minimum Gasteiger partial charge on any atom is -0.315 e. The summed E-state index contributed by atoms with van der Waals surface area (Å²) in [5.74, 6) is 2.69. The normalized spacial score (nSPS) is 13.5. The number of fused-ring (bicyclic) bond motifs is 2. The smallest absolute Gasteiger partial charge is 0.136 e. The maximum absolute atomic E-state index is 12.7. The summed E-state index contributed by atoms with van der Waals surface area (Å²) in [4.78, 5) is 12.7. The van der Waals surface area contributed by atoms with E-state index in [1.54, 1.807) is 0 Å². The topological polar surface area (TPSA) is 47.8 Å². The fourth-order valence-corrected chi connectivity index (χ4v) is 5.08. The van der Waals surface area contributed by atoms with Gasteiger partial charge in [0.05, 0.1) is 0 Å². The van der Waals surface area contributed by atoms with E-state index in [0.29, 0.717) is 31.0 Å². The Kier molecular flexibility index (Phi) is 5.85. The summed E-state index contributed by atoms with van der Waals surface area (Å²) in [6, 6.07) is 23.4. The lowest BCUT2D eigenvalue weighted by atomic mass is 9.99. The van der Waals surface area contributed by atoms with Crippen molar-refractivity contribution in [3.63, 3.8) is 0 Å². The largest absolute Gasteiger partial charge is 0.315 e. The highest BCUT2D eigenvalue weighted by Crippen LogP contribution is 2.33. The molecule has 0 aliphatic heterocycles. The molecule has 3 aromatic carbocycles. The Morgan fingerprint density at radius 1 is 0.875 bits per heavy atom. The Balaban J connectivity index is 1.21. The molecule has 0 fully saturated rings. The van der Waals surface area contributed by atoms with Crippen LogP contribution in [0.4, 0.5) is 0 Å². The molecular weight excluding hydrogens is 394 g/mol. The van der Waals surface area contributed by atoms with Crippen molar-refractivity contribution in [2.24, 2.45) is 0 Å². The maximum Gasteiger partial charge on any atom is 0.136 e. The zero-order chi connectivity index (χ0) is 21.9. The molecule has 0 radical (unpaired) electrons. The third-order valence-corrected chi connectivity index (χ3v) is 6.77. The molecule has 4 nitrogen and oxygen atoms in total. The van der Waals surface area contributed by atoms with Crippen molar-refractivity contribution in [3.05, 3.63) is 95.1 Å². The van der Waals surface area contributed by atoms with Crippen molar-refractivity contribution >= 4 is 16.6 Å². The zero-order valence-electron chi connectivity index (χ0n) is 18.6. The van der Waals surface area contributed by atoms with E-state index in [-0.39, 0.29) is 0 Å². The summed E-state index contributed by atoms with van der Waals surface area (Å²) in [5, 5.41) is 11.5. The van der Waals surface area contributed by atoms with E-state index >= 15 is 0 Å². The molecule has 0 saturated carbocycles. The van der Waals surface area contributed by atoms with E-state index in [4.69, 9.17) is 0 Å². The summed E-state index contributed by atoms with van der Waals surface area (Å²) in [5.41, 5.74) is 4.10. The molecule has 162 valence electrons. The van der Waals surface area contributed by atoms with Crippen LogP contribution in [0.2, 0.25) is 0 Å². The number of carbonyl (C=O) groups is 1. The van der Waals surface area contributed by atoms with Gasteiger partial charge in [-0.25, -0.2) is 0 Å². The van der Waals surface area contributed by atoms with Crippen LogP contribution in [0.25, 0.3) is 10.8 Å². The van der Waals surface area contributed by atoms with Crippen LogP contribution in [0.1, 0.15) is 54.0 Å². The first-order valence-electron chi connectivity index (χ1n) is 11.7. The summed E-state index contributed by atoms with van der Waals surface area (Å²) < 4.78 is 2.23. The minimum absolute atomic E-state index is 0.290. The average molecular weight is 424 g/mol. The number of aromatic nitrogens is 3. The third kappa shape index (κ3) is 4.10. The van der Waals surface area contributed by atoms with E-state index in [9.17, 15) is 4.79 Å². The van der Waals surface area contributed by atoms with Crippen LogP contribution >= 0.6 is 0 Å². The molecule has 1 aromatic heterocycles. The SMILES string of the molecule is CCn1c(CCC(=O)CCc2cccc3ccccc23)nnc1C1Cc2ccccc2C1. The van der Waals surface area contributed by atoms with Gasteiger partial charge in [-0.3, -0.25) is 4.79 Å². The Hall–Kier alpha value is -3.27. The van der Waals surface area contributed by atoms with Crippen molar-refractivity contribution in [2.75, 3.05) is 0 Å². The third-order valence-electron chi connectivity index (χ3n) is 6.77. The first-order chi connectivity index (χ1) is 15.7. The highest BCUT2D eigenvalue weighted by Gasteiger charge is 2.27. The average Bonchev–Trinajstić information content (AvgIpc) is 3.44. The highest BCUT2D eigenvalue weighted by molar-refractivity contribution is 5.86. The van der Waals surface area contributed by atoms with Gasteiger partial charge in [0.2, 0.25) is 0 Å². The van der Waals surface area contributed by atoms with E-state index in [1.165, 1.54) is 27.5 Å². The van der Waals surface area contributed by atoms with E-state index in [2.05, 4.69) is 88.4 Å². The Bertz CT molecular complexity index is 1230. The quantitative estimate of drug-likeness (QED) is 0.378. The van der Waals surface area contributed by atoms with Crippen LogP contribution in [-0.4, -0.2) is 20.5 Å². The molecule has 0 unspecified atom stereocenters. The number of nitrogens with zero attached hydrogens (tertiary/aromatic N) is 3. The van der Waals surface area contributed by atoms with Gasteiger partial charge in [-0.1, -0.05) is 66.7 Å². The number of carbonyl (C=O) groups excluding carboxylic acids is 1. The lowest BCUT2D eigenvalue weighted by Crippen LogP contribution is -2.12. The molecule has 1 heterocycles. The minimum atomic E-state index is 0.290. The molecule has 4 aromatic rings. The van der Waals surface area contributed by atoms with Gasteiger partial charge in [0.25, 0.3) is 0 Å². The first-order valence-corrected chi connectivity index (χ1v) is 11.7. The molecule has 5 rings (SSSR count). The van der Waals surface area contributed by atoms with Gasteiger partial charge in [0.1, 0.15) is 17.4 Å². The van der Waals surface area contributed by atoms with E-state index in [1.807, 2.05) is 0 Å². The molecule has 0 N–H and O–H groups in total. The van der Waals surface area contributed by atoms with Gasteiger partial charge in [0, 0.05) is 31.7 Å². The lowest BCUT2D eigenvalue weighted by Gasteiger charge is -2.12. The number of rotatable bonds is 8. The second-order valence-corrected chi connectivity index (χ2v) is 8.77. The van der Waals surface area contributed by atoms with E-state index < -0.39 is 0 Å². The Morgan fingerprint density at radius 3 is 2.34 bits per heavy atom. The Labute approximate surface area is 189 Å². The summed E-state index contributed by atoms with van der Waals surface area (Å²) in [6.07, 6.45) is 4.59. The van der Waals surface area contributed by atoms with Gasteiger partial charge in [0.15, 0.2) is 0 Å². The first kappa shape index (κ1) is 20.6. The predicted octanol–water partition coefficient (Wildman–Crippen LogP) is 5.47. The molecule has 0 saturated heterocycles.